The summed E-state index contributed by atoms with van der Waals surface area (Å²) >= 11 is 0. The van der Waals surface area contributed by atoms with Crippen molar-refractivity contribution in [1.29, 1.82) is 0 Å². The number of nitrogens with one attached hydrogen (secondary N) is 1. The van der Waals surface area contributed by atoms with E-state index in [0.29, 0.717) is 12.1 Å². The summed E-state index contributed by atoms with van der Waals surface area (Å²) in [4.78, 5) is 11.3. The van der Waals surface area contributed by atoms with Crippen LogP contribution in [0.4, 0.5) is 5.82 Å². The average Bonchev–Trinajstić information content (AvgIpc) is 2.58. The van der Waals surface area contributed by atoms with Gasteiger partial charge in [-0.3, -0.25) is 4.98 Å². The Morgan fingerprint density at radius 1 is 1.38 bits per heavy atom. The van der Waals surface area contributed by atoms with Crippen molar-refractivity contribution in [3.8, 4) is 0 Å². The maximum absolute atomic E-state index is 12.0. The molecule has 3 N–H and O–H groups in total. The third-order valence-electron chi connectivity index (χ3n) is 4.28. The Morgan fingerprint density at radius 2 is 2.12 bits per heavy atom. The van der Waals surface area contributed by atoms with Gasteiger partial charge in [-0.05, 0) is 18.6 Å². The first kappa shape index (κ1) is 17.1. The lowest BCUT2D eigenvalue weighted by Gasteiger charge is -2.29. The maximum atomic E-state index is 12.0. The first-order chi connectivity index (χ1) is 11.5. The Hall–Kier alpha value is -1.77. The zero-order valence-corrected chi connectivity index (χ0v) is 14.6. The minimum atomic E-state index is -3.71. The molecule has 0 amide bonds. The molecule has 24 heavy (non-hydrogen) atoms. The smallest absolute Gasteiger partial charge is 0.217 e. The molecule has 130 valence electrons. The van der Waals surface area contributed by atoms with Crippen molar-refractivity contribution in [2.24, 2.45) is 5.14 Å². The van der Waals surface area contributed by atoms with Crippen LogP contribution in [0.2, 0.25) is 0 Å². The third-order valence-corrected chi connectivity index (χ3v) is 5.55. The van der Waals surface area contributed by atoms with Gasteiger partial charge in [0.2, 0.25) is 10.0 Å². The van der Waals surface area contributed by atoms with Gasteiger partial charge >= 0.3 is 0 Å². The molecule has 0 aromatic carbocycles. The van der Waals surface area contributed by atoms with Crippen LogP contribution in [0.1, 0.15) is 30.7 Å². The lowest BCUT2D eigenvalue weighted by Crippen LogP contribution is -2.44. The van der Waals surface area contributed by atoms with Crippen LogP contribution in [0.3, 0.4) is 0 Å². The molecule has 3 rings (SSSR count). The van der Waals surface area contributed by atoms with Gasteiger partial charge in [0.25, 0.3) is 0 Å². The highest BCUT2D eigenvalue weighted by atomic mass is 32.2. The van der Waals surface area contributed by atoms with Crippen molar-refractivity contribution in [3.05, 3.63) is 30.1 Å². The molecular weight excluding hydrogens is 326 g/mol. The fourth-order valence-corrected chi connectivity index (χ4v) is 4.11. The standard InChI is InChI=1S/C16H23N5O2S/c1-2-4-14(24(17,22)23)13-11-12-5-3-6-19-15(12)16(20-13)21-9-7-18-8-10-21/h3,5-6,11,14,18H,2,4,7-10H2,1H3,(H2,17,22,23). The summed E-state index contributed by atoms with van der Waals surface area (Å²) in [6.45, 7) is 5.31. The first-order valence-corrected chi connectivity index (χ1v) is 9.84. The number of hydrogen-bond donors (Lipinski definition) is 2. The fraction of sp³-hybridized carbons (Fsp3) is 0.500. The lowest BCUT2D eigenvalue weighted by atomic mass is 10.1. The molecule has 3 heterocycles. The fourth-order valence-electron chi connectivity index (χ4n) is 3.09. The quantitative estimate of drug-likeness (QED) is 0.840. The highest BCUT2D eigenvalue weighted by Crippen LogP contribution is 2.31. The molecule has 1 atom stereocenters. The number of nitrogens with two attached hydrogens (primary N) is 1. The number of primary sulfonamides is 1. The molecule has 1 aliphatic rings. The molecule has 2 aromatic rings. The molecule has 0 bridgehead atoms. The summed E-state index contributed by atoms with van der Waals surface area (Å²) in [5.74, 6) is 0.745. The van der Waals surface area contributed by atoms with Gasteiger partial charge in [-0.1, -0.05) is 19.4 Å². The second kappa shape index (κ2) is 7.00. The largest absolute Gasteiger partial charge is 0.352 e. The summed E-state index contributed by atoms with van der Waals surface area (Å²) in [6.07, 6.45) is 2.91. The number of pyridine rings is 2. The number of anilines is 1. The van der Waals surface area contributed by atoms with Gasteiger partial charge < -0.3 is 10.2 Å². The van der Waals surface area contributed by atoms with E-state index in [2.05, 4.69) is 20.2 Å². The Labute approximate surface area is 142 Å². The van der Waals surface area contributed by atoms with Crippen LogP contribution in [0.15, 0.2) is 24.4 Å². The summed E-state index contributed by atoms with van der Waals surface area (Å²) in [5, 5.41) is 8.88. The van der Waals surface area contributed by atoms with E-state index < -0.39 is 15.3 Å². The average molecular weight is 349 g/mol. The summed E-state index contributed by atoms with van der Waals surface area (Å²) in [5.41, 5.74) is 1.31. The van der Waals surface area contributed by atoms with Gasteiger partial charge in [0.1, 0.15) is 10.8 Å². The minimum absolute atomic E-state index is 0.457. The van der Waals surface area contributed by atoms with E-state index in [1.54, 1.807) is 12.3 Å². The number of nitrogens with zero attached hydrogens (tertiary/aromatic N) is 3. The molecule has 0 aliphatic carbocycles. The zero-order chi connectivity index (χ0) is 17.2. The van der Waals surface area contributed by atoms with E-state index in [1.165, 1.54) is 0 Å². The van der Waals surface area contributed by atoms with Crippen molar-refractivity contribution in [3.63, 3.8) is 0 Å². The van der Waals surface area contributed by atoms with Crippen molar-refractivity contribution < 1.29 is 8.42 Å². The SMILES string of the molecule is CCCC(c1cc2cccnc2c(N2CCNCC2)n1)S(N)(=O)=O. The Morgan fingerprint density at radius 3 is 2.79 bits per heavy atom. The molecule has 1 saturated heterocycles. The number of hydrogen-bond acceptors (Lipinski definition) is 6. The molecule has 1 aliphatic heterocycles. The van der Waals surface area contributed by atoms with Crippen molar-refractivity contribution in [1.82, 2.24) is 15.3 Å². The Kier molecular flexibility index (Phi) is 4.98. The van der Waals surface area contributed by atoms with E-state index in [1.807, 2.05) is 19.1 Å². The van der Waals surface area contributed by atoms with Gasteiger partial charge in [-0.15, -0.1) is 0 Å². The molecule has 0 spiro atoms. The van der Waals surface area contributed by atoms with E-state index in [4.69, 9.17) is 5.14 Å². The van der Waals surface area contributed by atoms with Gasteiger partial charge in [0, 0.05) is 37.8 Å². The van der Waals surface area contributed by atoms with E-state index in [9.17, 15) is 8.42 Å². The third kappa shape index (κ3) is 3.50. The molecule has 7 nitrogen and oxygen atoms in total. The van der Waals surface area contributed by atoms with Crippen LogP contribution in [0.25, 0.3) is 10.9 Å². The van der Waals surface area contributed by atoms with Crippen molar-refractivity contribution >= 4 is 26.7 Å². The second-order valence-corrected chi connectivity index (χ2v) is 7.80. The normalized spacial score (nSPS) is 17.2. The zero-order valence-electron chi connectivity index (χ0n) is 13.8. The van der Waals surface area contributed by atoms with Crippen LogP contribution in [-0.4, -0.2) is 44.6 Å². The Balaban J connectivity index is 2.15. The monoisotopic (exact) mass is 349 g/mol. The van der Waals surface area contributed by atoms with Gasteiger partial charge in [0.15, 0.2) is 5.82 Å². The predicted molar refractivity (Wildman–Crippen MR) is 95.4 cm³/mol. The topological polar surface area (TPSA) is 101 Å². The van der Waals surface area contributed by atoms with Crippen molar-refractivity contribution in [2.45, 2.75) is 25.0 Å². The lowest BCUT2D eigenvalue weighted by molar-refractivity contribution is 0.570. The van der Waals surface area contributed by atoms with Gasteiger partial charge in [-0.25, -0.2) is 18.5 Å². The van der Waals surface area contributed by atoms with E-state index in [-0.39, 0.29) is 0 Å². The van der Waals surface area contributed by atoms with Crippen LogP contribution in [0, 0.1) is 0 Å². The second-order valence-electron chi connectivity index (χ2n) is 6.05. The number of piperazine rings is 1. The summed E-state index contributed by atoms with van der Waals surface area (Å²) in [7, 11) is -3.71. The Bertz CT molecular complexity index is 818. The van der Waals surface area contributed by atoms with Crippen LogP contribution < -0.4 is 15.4 Å². The van der Waals surface area contributed by atoms with Crippen LogP contribution in [-0.2, 0) is 10.0 Å². The number of rotatable bonds is 5. The van der Waals surface area contributed by atoms with E-state index in [0.717, 1.165) is 49.3 Å². The van der Waals surface area contributed by atoms with E-state index >= 15 is 0 Å². The molecule has 0 radical (unpaired) electrons. The van der Waals surface area contributed by atoms with Crippen molar-refractivity contribution in [2.75, 3.05) is 31.1 Å². The van der Waals surface area contributed by atoms with Crippen LogP contribution in [0.5, 0.6) is 0 Å². The van der Waals surface area contributed by atoms with Crippen LogP contribution >= 0.6 is 0 Å². The minimum Gasteiger partial charge on any atom is -0.352 e. The molecule has 2 aromatic heterocycles. The summed E-state index contributed by atoms with van der Waals surface area (Å²) in [6, 6.07) is 5.59. The molecule has 1 unspecified atom stereocenters. The van der Waals surface area contributed by atoms with Gasteiger partial charge in [-0.2, -0.15) is 0 Å². The van der Waals surface area contributed by atoms with Gasteiger partial charge in [0.05, 0.1) is 5.69 Å². The molecule has 0 saturated carbocycles. The number of fused-ring (bicyclic) bond motifs is 1. The number of sulfonamides is 1. The maximum Gasteiger partial charge on any atom is 0.217 e. The predicted octanol–water partition coefficient (Wildman–Crippen LogP) is 1.17. The summed E-state index contributed by atoms with van der Waals surface area (Å²) < 4.78 is 24.1. The molecular formula is C16H23N5O2S. The first-order valence-electron chi connectivity index (χ1n) is 8.23. The number of aromatic nitrogens is 2. The molecule has 1 fully saturated rings. The molecule has 8 heteroatoms. The highest BCUT2D eigenvalue weighted by Gasteiger charge is 2.26. The highest BCUT2D eigenvalue weighted by molar-refractivity contribution is 7.89.